The second kappa shape index (κ2) is 14.1. The third kappa shape index (κ3) is 8.80. The van der Waals surface area contributed by atoms with Gasteiger partial charge in [0, 0.05) is 30.1 Å². The molecule has 0 heterocycles. The quantitative estimate of drug-likeness (QED) is 0.298. The Labute approximate surface area is 234 Å². The zero-order chi connectivity index (χ0) is 28.4. The first-order valence-electron chi connectivity index (χ1n) is 12.7. The van der Waals surface area contributed by atoms with Crippen LogP contribution in [0.2, 0.25) is 5.02 Å². The fourth-order valence-corrected chi connectivity index (χ4v) is 5.14. The molecule has 0 saturated heterocycles. The highest BCUT2D eigenvalue weighted by Gasteiger charge is 2.33. The molecule has 3 rings (SSSR count). The second-order valence-electron chi connectivity index (χ2n) is 9.21. The van der Waals surface area contributed by atoms with E-state index in [2.05, 4.69) is 5.32 Å². The number of nitrogens with zero attached hydrogens (tertiary/aromatic N) is 2. The Morgan fingerprint density at radius 3 is 2.33 bits per heavy atom. The van der Waals surface area contributed by atoms with Gasteiger partial charge in [0.1, 0.15) is 18.4 Å². The molecule has 208 valence electrons. The average molecular weight is 574 g/mol. The molecule has 1 atom stereocenters. The van der Waals surface area contributed by atoms with E-state index in [1.54, 1.807) is 18.2 Å². The van der Waals surface area contributed by atoms with Crippen molar-refractivity contribution in [2.45, 2.75) is 38.8 Å². The van der Waals surface area contributed by atoms with Crippen molar-refractivity contribution in [1.29, 1.82) is 0 Å². The number of rotatable bonds is 13. The molecule has 39 heavy (non-hydrogen) atoms. The van der Waals surface area contributed by atoms with Gasteiger partial charge in [-0.05, 0) is 36.2 Å². The summed E-state index contributed by atoms with van der Waals surface area (Å²) in [5.41, 5.74) is 1.21. The third-order valence-corrected chi connectivity index (χ3v) is 7.55. The molecule has 0 fully saturated rings. The number of unbranched alkanes of at least 4 members (excludes halogenated alkanes) is 1. The second-order valence-corrected chi connectivity index (χ2v) is 11.6. The number of benzene rings is 3. The topological polar surface area (TPSA) is 86.8 Å². The minimum absolute atomic E-state index is 0.162. The first-order chi connectivity index (χ1) is 18.6. The predicted molar refractivity (Wildman–Crippen MR) is 152 cm³/mol. The van der Waals surface area contributed by atoms with Crippen molar-refractivity contribution in [2.24, 2.45) is 0 Å². The number of carbonyl (C=O) groups excluding carboxylic acids is 2. The summed E-state index contributed by atoms with van der Waals surface area (Å²) in [6, 6.07) is 20.3. The lowest BCUT2D eigenvalue weighted by molar-refractivity contribution is -0.140. The monoisotopic (exact) mass is 573 g/mol. The average Bonchev–Trinajstić information content (AvgIpc) is 2.90. The van der Waals surface area contributed by atoms with Crippen LogP contribution in [-0.2, 0) is 32.6 Å². The van der Waals surface area contributed by atoms with Gasteiger partial charge >= 0.3 is 0 Å². The van der Waals surface area contributed by atoms with Gasteiger partial charge in [-0.3, -0.25) is 13.9 Å². The first-order valence-corrected chi connectivity index (χ1v) is 14.9. The molecule has 0 aromatic heterocycles. The van der Waals surface area contributed by atoms with Gasteiger partial charge in [-0.1, -0.05) is 79.5 Å². The Bertz CT molecular complexity index is 1370. The summed E-state index contributed by atoms with van der Waals surface area (Å²) in [6.07, 6.45) is 2.77. The number of hydrogen-bond acceptors (Lipinski definition) is 4. The summed E-state index contributed by atoms with van der Waals surface area (Å²) in [4.78, 5) is 28.7. The maximum Gasteiger partial charge on any atom is 0.244 e. The first kappa shape index (κ1) is 30.1. The Kier molecular flexibility index (Phi) is 10.9. The number of amides is 2. The third-order valence-electron chi connectivity index (χ3n) is 6.17. The molecule has 0 spiro atoms. The normalized spacial score (nSPS) is 12.0. The lowest BCUT2D eigenvalue weighted by atomic mass is 10.0. The maximum absolute atomic E-state index is 14.8. The highest BCUT2D eigenvalue weighted by molar-refractivity contribution is 7.92. The maximum atomic E-state index is 14.8. The molecular weight excluding hydrogens is 541 g/mol. The van der Waals surface area contributed by atoms with Crippen molar-refractivity contribution >= 4 is 39.1 Å². The molecule has 1 unspecified atom stereocenters. The standard InChI is InChI=1S/C29H33ClFN3O4S/c1-3-4-17-32-29(36)27(18-22-11-6-5-7-12-22)33(20-23-13-8-9-16-26(23)31)28(35)21-34(39(2,37)38)25-15-10-14-24(30)19-25/h5-16,19,27H,3-4,17-18,20-21H2,1-2H3,(H,32,36). The van der Waals surface area contributed by atoms with E-state index in [1.165, 1.54) is 35.2 Å². The highest BCUT2D eigenvalue weighted by atomic mass is 35.5. The van der Waals surface area contributed by atoms with Crippen LogP contribution in [-0.4, -0.2) is 50.5 Å². The molecule has 0 aliphatic heterocycles. The Hall–Kier alpha value is -3.43. The number of carbonyl (C=O) groups is 2. The lowest BCUT2D eigenvalue weighted by Gasteiger charge is -2.33. The van der Waals surface area contributed by atoms with E-state index in [-0.39, 0.29) is 24.2 Å². The van der Waals surface area contributed by atoms with Gasteiger partial charge in [0.2, 0.25) is 21.8 Å². The van der Waals surface area contributed by atoms with Gasteiger partial charge in [-0.25, -0.2) is 12.8 Å². The van der Waals surface area contributed by atoms with Gasteiger partial charge in [0.15, 0.2) is 0 Å². The molecule has 0 saturated carbocycles. The van der Waals surface area contributed by atoms with Crippen LogP contribution in [0.3, 0.4) is 0 Å². The molecule has 0 bridgehead atoms. The number of sulfonamides is 1. The van der Waals surface area contributed by atoms with Crippen LogP contribution >= 0.6 is 11.6 Å². The van der Waals surface area contributed by atoms with Crippen molar-refractivity contribution in [3.8, 4) is 0 Å². The van der Waals surface area contributed by atoms with Gasteiger partial charge in [0.25, 0.3) is 0 Å². The highest BCUT2D eigenvalue weighted by Crippen LogP contribution is 2.23. The van der Waals surface area contributed by atoms with E-state index in [1.807, 2.05) is 37.3 Å². The smallest absolute Gasteiger partial charge is 0.244 e. The zero-order valence-electron chi connectivity index (χ0n) is 22.0. The summed E-state index contributed by atoms with van der Waals surface area (Å²) in [5.74, 6) is -1.59. The number of nitrogens with one attached hydrogen (secondary N) is 1. The number of hydrogen-bond donors (Lipinski definition) is 1. The van der Waals surface area contributed by atoms with Crippen molar-refractivity contribution < 1.29 is 22.4 Å². The number of halogens is 2. The zero-order valence-corrected chi connectivity index (χ0v) is 23.6. The fourth-order valence-electron chi connectivity index (χ4n) is 4.12. The van der Waals surface area contributed by atoms with Gasteiger partial charge in [0.05, 0.1) is 11.9 Å². The van der Waals surface area contributed by atoms with E-state index in [0.717, 1.165) is 29.0 Å². The number of anilines is 1. The van der Waals surface area contributed by atoms with E-state index in [0.29, 0.717) is 11.6 Å². The van der Waals surface area contributed by atoms with Crippen molar-refractivity contribution in [1.82, 2.24) is 10.2 Å². The molecule has 0 radical (unpaired) electrons. The molecule has 3 aromatic carbocycles. The van der Waals surface area contributed by atoms with Crippen LogP contribution in [0, 0.1) is 5.82 Å². The SMILES string of the molecule is CCCCNC(=O)C(Cc1ccccc1)N(Cc1ccccc1F)C(=O)CN(c1cccc(Cl)c1)S(C)(=O)=O. The van der Waals surface area contributed by atoms with Crippen LogP contribution < -0.4 is 9.62 Å². The van der Waals surface area contributed by atoms with Crippen molar-refractivity contribution in [2.75, 3.05) is 23.7 Å². The fraction of sp³-hybridized carbons (Fsp3) is 0.310. The van der Waals surface area contributed by atoms with Crippen LogP contribution in [0.5, 0.6) is 0 Å². The summed E-state index contributed by atoms with van der Waals surface area (Å²) in [6.45, 7) is 1.59. The van der Waals surface area contributed by atoms with Crippen LogP contribution in [0.25, 0.3) is 0 Å². The molecule has 3 aromatic rings. The van der Waals surface area contributed by atoms with Crippen LogP contribution in [0.15, 0.2) is 78.9 Å². The minimum Gasteiger partial charge on any atom is -0.354 e. The molecule has 0 aliphatic rings. The molecule has 7 nitrogen and oxygen atoms in total. The summed E-state index contributed by atoms with van der Waals surface area (Å²) < 4.78 is 41.2. The van der Waals surface area contributed by atoms with Gasteiger partial charge in [-0.2, -0.15) is 0 Å². The Morgan fingerprint density at radius 2 is 1.69 bits per heavy atom. The van der Waals surface area contributed by atoms with Gasteiger partial charge in [-0.15, -0.1) is 0 Å². The lowest BCUT2D eigenvalue weighted by Crippen LogP contribution is -2.53. The summed E-state index contributed by atoms with van der Waals surface area (Å²) >= 11 is 6.09. The minimum atomic E-state index is -3.91. The Balaban J connectivity index is 2.04. The molecule has 0 aliphatic carbocycles. The van der Waals surface area contributed by atoms with Gasteiger partial charge < -0.3 is 10.2 Å². The summed E-state index contributed by atoms with van der Waals surface area (Å²) in [5, 5.41) is 3.19. The molecular formula is C29H33ClFN3O4S. The van der Waals surface area contributed by atoms with E-state index >= 15 is 0 Å². The van der Waals surface area contributed by atoms with Crippen LogP contribution in [0.1, 0.15) is 30.9 Å². The molecule has 1 N–H and O–H groups in total. The van der Waals surface area contributed by atoms with E-state index in [9.17, 15) is 22.4 Å². The largest absolute Gasteiger partial charge is 0.354 e. The van der Waals surface area contributed by atoms with E-state index < -0.39 is 40.2 Å². The summed E-state index contributed by atoms with van der Waals surface area (Å²) in [7, 11) is -3.91. The van der Waals surface area contributed by atoms with Crippen molar-refractivity contribution in [3.63, 3.8) is 0 Å². The Morgan fingerprint density at radius 1 is 1.00 bits per heavy atom. The molecule has 10 heteroatoms. The molecule has 2 amide bonds. The van der Waals surface area contributed by atoms with Crippen molar-refractivity contribution in [3.05, 3.63) is 101 Å². The van der Waals surface area contributed by atoms with E-state index in [4.69, 9.17) is 11.6 Å². The predicted octanol–water partition coefficient (Wildman–Crippen LogP) is 4.80. The van der Waals surface area contributed by atoms with Crippen LogP contribution in [0.4, 0.5) is 10.1 Å².